The number of aromatic hydroxyl groups is 1. The molecule has 0 bridgehead atoms. The first-order chi connectivity index (χ1) is 26.1. The van der Waals surface area contributed by atoms with Crippen LogP contribution in [0, 0.1) is 29.5 Å². The molecule has 2 unspecified atom stereocenters. The third-order valence-corrected chi connectivity index (χ3v) is 11.4. The number of H-pyrrole nitrogens is 1. The molecule has 5 rings (SSSR count). The highest BCUT2D eigenvalue weighted by molar-refractivity contribution is 5.99. The van der Waals surface area contributed by atoms with Gasteiger partial charge in [0.05, 0.1) is 11.1 Å². The number of alkyl halides is 3. The van der Waals surface area contributed by atoms with E-state index < -0.39 is 46.6 Å². The second kappa shape index (κ2) is 17.2. The van der Waals surface area contributed by atoms with E-state index in [4.69, 9.17) is 0 Å². The van der Waals surface area contributed by atoms with E-state index in [2.05, 4.69) is 15.6 Å². The Morgan fingerprint density at radius 1 is 0.873 bits per heavy atom. The van der Waals surface area contributed by atoms with Crippen molar-refractivity contribution in [3.8, 4) is 5.75 Å². The molecule has 1 heterocycles. The molecule has 0 saturated heterocycles. The van der Waals surface area contributed by atoms with Crippen molar-refractivity contribution in [3.05, 3.63) is 100 Å². The van der Waals surface area contributed by atoms with Crippen molar-refractivity contribution in [1.82, 2.24) is 15.6 Å². The molecule has 12 heteroatoms. The van der Waals surface area contributed by atoms with E-state index in [0.29, 0.717) is 29.5 Å². The molecule has 0 saturated carbocycles. The van der Waals surface area contributed by atoms with Gasteiger partial charge in [-0.2, -0.15) is 13.2 Å². The van der Waals surface area contributed by atoms with Crippen molar-refractivity contribution < 1.29 is 41.8 Å². The fraction of sp³-hybridized carbons (Fsp3) is 0.442. The van der Waals surface area contributed by atoms with Crippen LogP contribution in [0.1, 0.15) is 87.7 Å². The van der Waals surface area contributed by atoms with Crippen LogP contribution in [0.15, 0.2) is 66.7 Å². The Morgan fingerprint density at radius 2 is 1.53 bits per heavy atom. The maximum absolute atomic E-state index is 14.8. The molecule has 0 radical (unpaired) electrons. The third-order valence-electron chi connectivity index (χ3n) is 11.4. The van der Waals surface area contributed by atoms with Crippen LogP contribution in [0.2, 0.25) is 0 Å². The Bertz CT molecular complexity index is 2020. The largest absolute Gasteiger partial charge is 0.508 e. The van der Waals surface area contributed by atoms with Crippen molar-refractivity contribution in [2.75, 3.05) is 0 Å². The van der Waals surface area contributed by atoms with Crippen molar-refractivity contribution in [2.24, 2.45) is 23.7 Å². The number of para-hydroxylation sites is 1. The highest BCUT2D eigenvalue weighted by Gasteiger charge is 2.47. The second-order valence-corrected chi connectivity index (χ2v) is 15.1. The molecule has 1 aliphatic rings. The average Bonchev–Trinajstić information content (AvgIpc) is 3.53. The van der Waals surface area contributed by atoms with Crippen molar-refractivity contribution in [2.45, 2.75) is 97.3 Å². The molecule has 1 aliphatic carbocycles. The number of halogens is 4. The number of aromatic amines is 1. The average molecular weight is 764 g/mol. The first-order valence-corrected chi connectivity index (χ1v) is 18.9. The van der Waals surface area contributed by atoms with Gasteiger partial charge in [-0.25, -0.2) is 4.39 Å². The number of rotatable bonds is 16. The SMILES string of the molecule is CCC(C)[C@H](CC(=O)[C@@]1(NC(=O)[C@@H](CC(=O)Cc2ccccc2F)C(C)CC)CCc2[nH]c3c(C(F)(F)F)cccc3c2C1)C(=O)NCc1ccc(O)cc1. The minimum Gasteiger partial charge on any atom is -0.508 e. The van der Waals surface area contributed by atoms with E-state index in [9.17, 15) is 41.8 Å². The number of hydrogen-bond donors (Lipinski definition) is 4. The summed E-state index contributed by atoms with van der Waals surface area (Å²) in [7, 11) is 0. The van der Waals surface area contributed by atoms with E-state index in [0.717, 1.165) is 11.6 Å². The number of phenols is 1. The fourth-order valence-corrected chi connectivity index (χ4v) is 7.62. The van der Waals surface area contributed by atoms with Gasteiger partial charge in [-0.05, 0) is 65.6 Å². The lowest BCUT2D eigenvalue weighted by molar-refractivity contribution is -0.139. The number of hydrogen-bond acceptors (Lipinski definition) is 5. The zero-order valence-electron chi connectivity index (χ0n) is 31.6. The Morgan fingerprint density at radius 3 is 2.16 bits per heavy atom. The lowest BCUT2D eigenvalue weighted by Gasteiger charge is -2.39. The van der Waals surface area contributed by atoms with Gasteiger partial charge in [0.15, 0.2) is 5.78 Å². The number of benzene rings is 3. The predicted octanol–water partition coefficient (Wildman–Crippen LogP) is 8.18. The summed E-state index contributed by atoms with van der Waals surface area (Å²) in [5, 5.41) is 15.9. The molecule has 4 aromatic rings. The summed E-state index contributed by atoms with van der Waals surface area (Å²) >= 11 is 0. The molecular weight excluding hydrogens is 714 g/mol. The molecule has 55 heavy (non-hydrogen) atoms. The molecule has 294 valence electrons. The number of aryl methyl sites for hydroxylation is 1. The summed E-state index contributed by atoms with van der Waals surface area (Å²) < 4.78 is 56.7. The quantitative estimate of drug-likeness (QED) is 0.0857. The first-order valence-electron chi connectivity index (χ1n) is 18.9. The Labute approximate surface area is 318 Å². The smallest absolute Gasteiger partial charge is 0.418 e. The van der Waals surface area contributed by atoms with Crippen LogP contribution in [0.25, 0.3) is 10.9 Å². The Hall–Kier alpha value is -5.00. The summed E-state index contributed by atoms with van der Waals surface area (Å²) in [6.07, 6.45) is -4.13. The number of carbonyl (C=O) groups excluding carboxylic acids is 4. The van der Waals surface area contributed by atoms with Gasteiger partial charge in [-0.15, -0.1) is 0 Å². The van der Waals surface area contributed by atoms with Crippen molar-refractivity contribution in [3.63, 3.8) is 0 Å². The number of phenolic OH excluding ortho intramolecular Hbond substituents is 1. The van der Waals surface area contributed by atoms with Gasteiger partial charge in [0.25, 0.3) is 0 Å². The fourth-order valence-electron chi connectivity index (χ4n) is 7.62. The Kier molecular flexibility index (Phi) is 12.9. The highest BCUT2D eigenvalue weighted by atomic mass is 19.4. The number of Topliss-reactive ketones (excluding diaryl/α,β-unsaturated/α-hetero) is 2. The van der Waals surface area contributed by atoms with E-state index in [-0.39, 0.29) is 85.4 Å². The van der Waals surface area contributed by atoms with Gasteiger partial charge in [0.1, 0.15) is 22.9 Å². The van der Waals surface area contributed by atoms with Crippen molar-refractivity contribution in [1.29, 1.82) is 0 Å². The van der Waals surface area contributed by atoms with Crippen LogP contribution in [0.5, 0.6) is 5.75 Å². The minimum atomic E-state index is -4.64. The zero-order valence-corrected chi connectivity index (χ0v) is 31.6. The standard InChI is InChI=1S/C43H49F4N3O5/c1-5-25(3)32(21-30(52)20-28-10-7-8-13-36(28)44)41(55)50-42(19-18-37-34(23-42)31-11-9-12-35(39(31)49-37)43(45,46)47)38(53)22-33(26(4)6-2)40(54)48-24-27-14-16-29(51)17-15-27/h7-17,25-26,32-33,49,51H,5-6,18-24H2,1-4H3,(H,48,54)(H,50,55)/t25?,26?,32-,33-,42+/m0/s1. The molecule has 8 nitrogen and oxygen atoms in total. The van der Waals surface area contributed by atoms with Gasteiger partial charge < -0.3 is 20.7 Å². The zero-order chi connectivity index (χ0) is 40.1. The molecule has 3 aromatic carbocycles. The van der Waals surface area contributed by atoms with E-state index in [1.165, 1.54) is 36.4 Å². The van der Waals surface area contributed by atoms with Crippen molar-refractivity contribution >= 4 is 34.3 Å². The van der Waals surface area contributed by atoms with Gasteiger partial charge in [-0.1, -0.05) is 83.0 Å². The summed E-state index contributed by atoms with van der Waals surface area (Å²) in [6, 6.07) is 16.1. The summed E-state index contributed by atoms with van der Waals surface area (Å²) in [5.74, 6) is -4.39. The van der Waals surface area contributed by atoms with Gasteiger partial charge in [0.2, 0.25) is 11.8 Å². The van der Waals surface area contributed by atoms with E-state index in [1.54, 1.807) is 24.3 Å². The third kappa shape index (κ3) is 9.45. The molecule has 0 spiro atoms. The number of carbonyl (C=O) groups is 4. The summed E-state index contributed by atoms with van der Waals surface area (Å²) in [5.41, 5.74) is -0.579. The van der Waals surface area contributed by atoms with Crippen LogP contribution in [-0.2, 0) is 51.2 Å². The topological polar surface area (TPSA) is 128 Å². The second-order valence-electron chi connectivity index (χ2n) is 15.1. The normalized spacial score (nSPS) is 17.8. The lowest BCUT2D eigenvalue weighted by atomic mass is 9.72. The predicted molar refractivity (Wildman–Crippen MR) is 201 cm³/mol. The number of fused-ring (bicyclic) bond motifs is 3. The maximum atomic E-state index is 14.8. The molecule has 0 aliphatic heterocycles. The molecule has 5 atom stereocenters. The maximum Gasteiger partial charge on any atom is 0.418 e. The monoisotopic (exact) mass is 763 g/mol. The molecule has 0 fully saturated rings. The van der Waals surface area contributed by atoms with Crippen LogP contribution in [0.4, 0.5) is 17.6 Å². The highest BCUT2D eigenvalue weighted by Crippen LogP contribution is 2.41. The number of ketones is 2. The van der Waals surface area contributed by atoms with Crippen LogP contribution in [-0.4, -0.2) is 39.0 Å². The Balaban J connectivity index is 1.49. The summed E-state index contributed by atoms with van der Waals surface area (Å²) in [4.78, 5) is 59.3. The molecule has 4 N–H and O–H groups in total. The van der Waals surface area contributed by atoms with E-state index in [1.807, 2.05) is 27.7 Å². The molecule has 2 amide bonds. The van der Waals surface area contributed by atoms with Crippen LogP contribution >= 0.6 is 0 Å². The van der Waals surface area contributed by atoms with Gasteiger partial charge in [0, 0.05) is 55.1 Å². The molecular formula is C43H49F4N3O5. The first kappa shape index (κ1) is 41.2. The summed E-state index contributed by atoms with van der Waals surface area (Å²) in [6.45, 7) is 7.61. The number of nitrogens with one attached hydrogen (secondary N) is 3. The van der Waals surface area contributed by atoms with Gasteiger partial charge in [-0.3, -0.25) is 19.2 Å². The molecule has 1 aromatic heterocycles. The number of aromatic nitrogens is 1. The van der Waals surface area contributed by atoms with E-state index >= 15 is 0 Å². The van der Waals surface area contributed by atoms with Crippen LogP contribution < -0.4 is 10.6 Å². The minimum absolute atomic E-state index is 0.0531. The van der Waals surface area contributed by atoms with Gasteiger partial charge >= 0.3 is 6.18 Å². The van der Waals surface area contributed by atoms with Crippen LogP contribution in [0.3, 0.4) is 0 Å². The number of amides is 2. The lowest BCUT2D eigenvalue weighted by Crippen LogP contribution is -2.60.